The number of rotatable bonds is 5. The molecule has 0 N–H and O–H groups in total. The van der Waals surface area contributed by atoms with Gasteiger partial charge in [-0.05, 0) is 49.6 Å². The summed E-state index contributed by atoms with van der Waals surface area (Å²) in [7, 11) is 0. The van der Waals surface area contributed by atoms with Crippen LogP contribution in [0.25, 0.3) is 16.7 Å². The molecule has 8 nitrogen and oxygen atoms in total. The fourth-order valence-electron chi connectivity index (χ4n) is 3.85. The molecule has 3 aromatic heterocycles. The summed E-state index contributed by atoms with van der Waals surface area (Å²) in [5, 5.41) is 0.248. The van der Waals surface area contributed by atoms with Gasteiger partial charge in [0.2, 0.25) is 0 Å². The summed E-state index contributed by atoms with van der Waals surface area (Å²) < 4.78 is 8.40. The number of fused-ring (bicyclic) bond motifs is 2. The van der Waals surface area contributed by atoms with E-state index in [-0.39, 0.29) is 34.5 Å². The molecule has 0 aliphatic carbocycles. The van der Waals surface area contributed by atoms with Crippen LogP contribution in [0.5, 0.6) is 0 Å². The first kappa shape index (κ1) is 23.1. The molecule has 174 valence electrons. The standard InChI is InChI=1S/C26H26N4O4/c1-5-34-26(33)20-14-19-22(27-21-17(4)10-9-13-29(21)25(19)32)30(15-16(2)3)23(20)28-24(31)18-11-7-6-8-12-18/h6-14,16H,5,15H2,1-4H3. The molecule has 3 heterocycles. The fourth-order valence-corrected chi connectivity index (χ4v) is 3.85. The van der Waals surface area contributed by atoms with Gasteiger partial charge in [0.15, 0.2) is 5.49 Å². The molecule has 0 saturated heterocycles. The highest BCUT2D eigenvalue weighted by Gasteiger charge is 2.21. The maximum atomic E-state index is 13.4. The Morgan fingerprint density at radius 1 is 1.09 bits per heavy atom. The van der Waals surface area contributed by atoms with Crippen molar-refractivity contribution in [2.75, 3.05) is 6.61 Å². The summed E-state index contributed by atoms with van der Waals surface area (Å²) in [6, 6.07) is 13.7. The number of hydrogen-bond acceptors (Lipinski definition) is 5. The van der Waals surface area contributed by atoms with Gasteiger partial charge in [0.25, 0.3) is 11.5 Å². The van der Waals surface area contributed by atoms with Crippen LogP contribution in [-0.2, 0) is 11.3 Å². The lowest BCUT2D eigenvalue weighted by Crippen LogP contribution is -2.33. The molecule has 4 rings (SSSR count). The van der Waals surface area contributed by atoms with Crippen molar-refractivity contribution in [1.29, 1.82) is 0 Å². The normalized spacial score (nSPS) is 12.0. The van der Waals surface area contributed by atoms with Crippen LogP contribution < -0.4 is 11.0 Å². The van der Waals surface area contributed by atoms with Gasteiger partial charge < -0.3 is 9.30 Å². The second-order valence-electron chi connectivity index (χ2n) is 8.43. The molecule has 0 bridgehead atoms. The molecule has 0 spiro atoms. The van der Waals surface area contributed by atoms with E-state index in [2.05, 4.69) is 4.99 Å². The lowest BCUT2D eigenvalue weighted by Gasteiger charge is -2.17. The van der Waals surface area contributed by atoms with E-state index in [0.717, 1.165) is 5.56 Å². The highest BCUT2D eigenvalue weighted by Crippen LogP contribution is 2.15. The number of amides is 1. The Kier molecular flexibility index (Phi) is 6.40. The largest absolute Gasteiger partial charge is 0.462 e. The van der Waals surface area contributed by atoms with E-state index in [1.54, 1.807) is 54.1 Å². The zero-order valence-corrected chi connectivity index (χ0v) is 19.6. The minimum Gasteiger partial charge on any atom is -0.462 e. The quantitative estimate of drug-likeness (QED) is 0.337. The lowest BCUT2D eigenvalue weighted by molar-refractivity contribution is 0.0523. The molecule has 1 aromatic carbocycles. The van der Waals surface area contributed by atoms with Crippen LogP contribution in [-0.4, -0.2) is 32.4 Å². The van der Waals surface area contributed by atoms with E-state index < -0.39 is 11.9 Å². The number of nitrogens with zero attached hydrogens (tertiary/aromatic N) is 4. The van der Waals surface area contributed by atoms with Crippen LogP contribution in [0.1, 0.15) is 47.1 Å². The van der Waals surface area contributed by atoms with Gasteiger partial charge in [-0.15, -0.1) is 0 Å². The number of aromatic nitrogens is 3. The molecule has 0 saturated carbocycles. The Morgan fingerprint density at radius 2 is 1.82 bits per heavy atom. The molecule has 4 aromatic rings. The van der Waals surface area contributed by atoms with Crippen LogP contribution >= 0.6 is 0 Å². The van der Waals surface area contributed by atoms with Gasteiger partial charge in [0.1, 0.15) is 16.9 Å². The minimum atomic E-state index is -0.657. The van der Waals surface area contributed by atoms with Crippen molar-refractivity contribution in [2.45, 2.75) is 34.2 Å². The second kappa shape index (κ2) is 9.43. The van der Waals surface area contributed by atoms with Crippen LogP contribution in [0.4, 0.5) is 0 Å². The Morgan fingerprint density at radius 3 is 2.50 bits per heavy atom. The van der Waals surface area contributed by atoms with Crippen molar-refractivity contribution < 1.29 is 14.3 Å². The predicted molar refractivity (Wildman–Crippen MR) is 129 cm³/mol. The van der Waals surface area contributed by atoms with Gasteiger partial charge in [-0.3, -0.25) is 14.0 Å². The molecule has 34 heavy (non-hydrogen) atoms. The van der Waals surface area contributed by atoms with Gasteiger partial charge in [0, 0.05) is 18.3 Å². The van der Waals surface area contributed by atoms with Crippen molar-refractivity contribution >= 4 is 28.6 Å². The molecule has 0 aliphatic heterocycles. The summed E-state index contributed by atoms with van der Waals surface area (Å²) in [5.74, 6) is -1.05. The molecule has 0 radical (unpaired) electrons. The molecule has 0 atom stereocenters. The smallest absolute Gasteiger partial charge is 0.341 e. The number of aryl methyl sites for hydroxylation is 1. The number of carbonyl (C=O) groups is 2. The third-order valence-corrected chi connectivity index (χ3v) is 5.38. The van der Waals surface area contributed by atoms with Gasteiger partial charge in [0.05, 0.1) is 12.0 Å². The first-order valence-electron chi connectivity index (χ1n) is 11.2. The molecule has 1 amide bonds. The van der Waals surface area contributed by atoms with Crippen molar-refractivity contribution in [1.82, 2.24) is 14.0 Å². The van der Waals surface area contributed by atoms with Crippen LogP contribution in [0, 0.1) is 12.8 Å². The number of esters is 1. The molecule has 0 unspecified atom stereocenters. The Labute approximate surface area is 196 Å². The Bertz CT molecular complexity index is 1530. The summed E-state index contributed by atoms with van der Waals surface area (Å²) in [5.41, 5.74) is 1.93. The first-order chi connectivity index (χ1) is 16.3. The fraction of sp³-hybridized carbons (Fsp3) is 0.269. The maximum absolute atomic E-state index is 13.4. The summed E-state index contributed by atoms with van der Waals surface area (Å²) >= 11 is 0. The van der Waals surface area contributed by atoms with Crippen LogP contribution in [0.3, 0.4) is 0 Å². The van der Waals surface area contributed by atoms with Crippen molar-refractivity contribution in [2.24, 2.45) is 10.9 Å². The van der Waals surface area contributed by atoms with Crippen molar-refractivity contribution in [3.63, 3.8) is 0 Å². The summed E-state index contributed by atoms with van der Waals surface area (Å²) in [4.78, 5) is 48.5. The molecular formula is C26H26N4O4. The molecule has 0 fully saturated rings. The Balaban J connectivity index is 2.17. The van der Waals surface area contributed by atoms with Crippen molar-refractivity contribution in [3.05, 3.63) is 87.3 Å². The number of carbonyl (C=O) groups excluding carboxylic acids is 2. The summed E-state index contributed by atoms with van der Waals surface area (Å²) in [6.07, 6.45) is 1.64. The molecule has 8 heteroatoms. The van der Waals surface area contributed by atoms with Gasteiger partial charge in [-0.1, -0.05) is 38.1 Å². The average molecular weight is 459 g/mol. The van der Waals surface area contributed by atoms with E-state index in [0.29, 0.717) is 23.4 Å². The lowest BCUT2D eigenvalue weighted by atomic mass is 10.1. The molecular weight excluding hydrogens is 432 g/mol. The third-order valence-electron chi connectivity index (χ3n) is 5.38. The first-order valence-corrected chi connectivity index (χ1v) is 11.2. The molecule has 0 aliphatic rings. The number of pyridine rings is 2. The van der Waals surface area contributed by atoms with Crippen molar-refractivity contribution in [3.8, 4) is 0 Å². The van der Waals surface area contributed by atoms with Crippen LogP contribution in [0.2, 0.25) is 0 Å². The van der Waals surface area contributed by atoms with E-state index >= 15 is 0 Å². The third kappa shape index (κ3) is 4.26. The monoisotopic (exact) mass is 458 g/mol. The second-order valence-corrected chi connectivity index (χ2v) is 8.43. The van der Waals surface area contributed by atoms with Gasteiger partial charge in [-0.2, -0.15) is 4.99 Å². The SMILES string of the molecule is CCOC(=O)c1cc2c(=O)n3cccc(C)c3nc2n(CC(C)C)c1=NC(=O)c1ccccc1. The van der Waals surface area contributed by atoms with E-state index in [1.165, 1.54) is 10.5 Å². The number of benzene rings is 1. The predicted octanol–water partition coefficient (Wildman–Crippen LogP) is 3.53. The van der Waals surface area contributed by atoms with E-state index in [1.807, 2.05) is 26.8 Å². The van der Waals surface area contributed by atoms with E-state index in [9.17, 15) is 14.4 Å². The maximum Gasteiger partial charge on any atom is 0.341 e. The van der Waals surface area contributed by atoms with Crippen LogP contribution in [0.15, 0.2) is 64.5 Å². The number of hydrogen-bond donors (Lipinski definition) is 0. The topological polar surface area (TPSA) is 95.0 Å². The zero-order chi connectivity index (χ0) is 24.4. The average Bonchev–Trinajstić information content (AvgIpc) is 2.81. The number of ether oxygens (including phenoxy) is 1. The minimum absolute atomic E-state index is 0.0470. The highest BCUT2D eigenvalue weighted by atomic mass is 16.5. The summed E-state index contributed by atoms with van der Waals surface area (Å²) in [6.45, 7) is 8.09. The highest BCUT2D eigenvalue weighted by molar-refractivity contribution is 5.97. The Hall–Kier alpha value is -4.07. The van der Waals surface area contributed by atoms with Gasteiger partial charge >= 0.3 is 5.97 Å². The van der Waals surface area contributed by atoms with E-state index in [4.69, 9.17) is 9.72 Å². The van der Waals surface area contributed by atoms with Gasteiger partial charge in [-0.25, -0.2) is 9.78 Å². The zero-order valence-electron chi connectivity index (χ0n) is 19.6.